The SMILES string of the molecule is Cc1ccc(CC(O)c2ccccc2Br)cc1C. The van der Waals surface area contributed by atoms with Gasteiger partial charge < -0.3 is 5.11 Å². The maximum absolute atomic E-state index is 10.3. The van der Waals surface area contributed by atoms with Gasteiger partial charge in [-0.1, -0.05) is 52.3 Å². The fourth-order valence-electron chi connectivity index (χ4n) is 2.01. The molecule has 1 atom stereocenters. The summed E-state index contributed by atoms with van der Waals surface area (Å²) in [7, 11) is 0. The van der Waals surface area contributed by atoms with Gasteiger partial charge in [-0.3, -0.25) is 0 Å². The summed E-state index contributed by atoms with van der Waals surface area (Å²) in [5.74, 6) is 0. The van der Waals surface area contributed by atoms with Crippen molar-refractivity contribution in [2.75, 3.05) is 0 Å². The van der Waals surface area contributed by atoms with Gasteiger partial charge in [0.1, 0.15) is 0 Å². The van der Waals surface area contributed by atoms with E-state index in [1.165, 1.54) is 16.7 Å². The first kappa shape index (κ1) is 13.3. The minimum atomic E-state index is -0.470. The van der Waals surface area contributed by atoms with Crippen LogP contribution in [0.4, 0.5) is 0 Å². The third kappa shape index (κ3) is 3.01. The Balaban J connectivity index is 2.19. The van der Waals surface area contributed by atoms with Crippen LogP contribution in [0.2, 0.25) is 0 Å². The second-order valence-corrected chi connectivity index (χ2v) is 5.51. The lowest BCUT2D eigenvalue weighted by Crippen LogP contribution is -2.03. The van der Waals surface area contributed by atoms with Crippen LogP contribution in [0.1, 0.15) is 28.4 Å². The molecule has 2 aromatic carbocycles. The molecule has 94 valence electrons. The van der Waals surface area contributed by atoms with Crippen LogP contribution in [-0.4, -0.2) is 5.11 Å². The van der Waals surface area contributed by atoms with Crippen LogP contribution in [-0.2, 0) is 6.42 Å². The van der Waals surface area contributed by atoms with Crippen molar-refractivity contribution in [3.63, 3.8) is 0 Å². The topological polar surface area (TPSA) is 20.2 Å². The van der Waals surface area contributed by atoms with Gasteiger partial charge in [0.05, 0.1) is 6.10 Å². The maximum atomic E-state index is 10.3. The number of aliphatic hydroxyl groups excluding tert-OH is 1. The van der Waals surface area contributed by atoms with E-state index in [2.05, 4.69) is 48.0 Å². The van der Waals surface area contributed by atoms with Crippen molar-refractivity contribution in [2.24, 2.45) is 0 Å². The maximum Gasteiger partial charge on any atom is 0.0841 e. The predicted molar refractivity (Wildman–Crippen MR) is 78.7 cm³/mol. The standard InChI is InChI=1S/C16H17BrO/c1-11-7-8-13(9-12(11)2)10-16(18)14-5-3-4-6-15(14)17/h3-9,16,18H,10H2,1-2H3. The largest absolute Gasteiger partial charge is 0.388 e. The molecule has 18 heavy (non-hydrogen) atoms. The van der Waals surface area contributed by atoms with Crippen LogP contribution in [0.25, 0.3) is 0 Å². The normalized spacial score (nSPS) is 12.4. The molecule has 1 unspecified atom stereocenters. The summed E-state index contributed by atoms with van der Waals surface area (Å²) in [6, 6.07) is 14.2. The molecule has 0 saturated carbocycles. The molecular formula is C16H17BrO. The van der Waals surface area contributed by atoms with Gasteiger partial charge >= 0.3 is 0 Å². The van der Waals surface area contributed by atoms with Crippen LogP contribution in [0.3, 0.4) is 0 Å². The molecule has 2 rings (SSSR count). The minimum Gasteiger partial charge on any atom is -0.388 e. The van der Waals surface area contributed by atoms with E-state index < -0.39 is 6.10 Å². The van der Waals surface area contributed by atoms with E-state index in [-0.39, 0.29) is 0 Å². The summed E-state index contributed by atoms with van der Waals surface area (Å²) in [5, 5.41) is 10.3. The lowest BCUT2D eigenvalue weighted by atomic mass is 9.98. The molecule has 0 aliphatic heterocycles. The van der Waals surface area contributed by atoms with Gasteiger partial charge in [-0.05, 0) is 42.2 Å². The van der Waals surface area contributed by atoms with Gasteiger partial charge in [0.15, 0.2) is 0 Å². The number of benzene rings is 2. The van der Waals surface area contributed by atoms with Crippen molar-refractivity contribution < 1.29 is 5.11 Å². The summed E-state index contributed by atoms with van der Waals surface area (Å²) < 4.78 is 0.960. The Morgan fingerprint density at radius 3 is 2.44 bits per heavy atom. The molecule has 0 radical (unpaired) electrons. The van der Waals surface area contributed by atoms with Crippen molar-refractivity contribution in [2.45, 2.75) is 26.4 Å². The van der Waals surface area contributed by atoms with Crippen molar-refractivity contribution >= 4 is 15.9 Å². The number of hydrogen-bond acceptors (Lipinski definition) is 1. The number of aliphatic hydroxyl groups is 1. The molecule has 0 fully saturated rings. The number of hydrogen-bond donors (Lipinski definition) is 1. The minimum absolute atomic E-state index is 0.470. The summed E-state index contributed by atoms with van der Waals surface area (Å²) in [6.07, 6.45) is 0.173. The van der Waals surface area contributed by atoms with Crippen LogP contribution in [0, 0.1) is 13.8 Å². The molecule has 0 heterocycles. The third-order valence-corrected chi connectivity index (χ3v) is 3.99. The molecule has 2 heteroatoms. The highest BCUT2D eigenvalue weighted by molar-refractivity contribution is 9.10. The number of aryl methyl sites for hydroxylation is 2. The summed E-state index contributed by atoms with van der Waals surface area (Å²) >= 11 is 3.48. The van der Waals surface area contributed by atoms with E-state index in [0.29, 0.717) is 6.42 Å². The summed E-state index contributed by atoms with van der Waals surface area (Å²) in [5.41, 5.74) is 4.66. The van der Waals surface area contributed by atoms with E-state index in [1.807, 2.05) is 24.3 Å². The van der Waals surface area contributed by atoms with E-state index >= 15 is 0 Å². The molecular weight excluding hydrogens is 288 g/mol. The fourth-order valence-corrected chi connectivity index (χ4v) is 2.56. The van der Waals surface area contributed by atoms with E-state index in [4.69, 9.17) is 0 Å². The van der Waals surface area contributed by atoms with Crippen molar-refractivity contribution in [3.05, 3.63) is 69.2 Å². The molecule has 1 nitrogen and oxygen atoms in total. The van der Waals surface area contributed by atoms with Gasteiger partial charge in [0.2, 0.25) is 0 Å². The molecule has 1 N–H and O–H groups in total. The molecule has 0 bridgehead atoms. The molecule has 2 aromatic rings. The van der Waals surface area contributed by atoms with Crippen LogP contribution < -0.4 is 0 Å². The van der Waals surface area contributed by atoms with E-state index in [1.54, 1.807) is 0 Å². The van der Waals surface area contributed by atoms with E-state index in [0.717, 1.165) is 10.0 Å². The van der Waals surface area contributed by atoms with Crippen LogP contribution >= 0.6 is 15.9 Å². The van der Waals surface area contributed by atoms with Crippen molar-refractivity contribution in [1.29, 1.82) is 0 Å². The quantitative estimate of drug-likeness (QED) is 0.894. The smallest absolute Gasteiger partial charge is 0.0841 e. The van der Waals surface area contributed by atoms with E-state index in [9.17, 15) is 5.11 Å². The highest BCUT2D eigenvalue weighted by Gasteiger charge is 2.11. The Bertz CT molecular complexity index is 549. The van der Waals surface area contributed by atoms with Gasteiger partial charge in [-0.25, -0.2) is 0 Å². The Hall–Kier alpha value is -1.12. The Morgan fingerprint density at radius 2 is 1.78 bits per heavy atom. The molecule has 0 aliphatic rings. The summed E-state index contributed by atoms with van der Waals surface area (Å²) in [6.45, 7) is 4.20. The first-order valence-electron chi connectivity index (χ1n) is 6.06. The summed E-state index contributed by atoms with van der Waals surface area (Å²) in [4.78, 5) is 0. The van der Waals surface area contributed by atoms with Gasteiger partial charge in [-0.15, -0.1) is 0 Å². The number of rotatable bonds is 3. The van der Waals surface area contributed by atoms with Crippen LogP contribution in [0.5, 0.6) is 0 Å². The Morgan fingerprint density at radius 1 is 1.06 bits per heavy atom. The second kappa shape index (κ2) is 5.68. The van der Waals surface area contributed by atoms with Crippen molar-refractivity contribution in [1.82, 2.24) is 0 Å². The fraction of sp³-hybridized carbons (Fsp3) is 0.250. The average Bonchev–Trinajstić information content (AvgIpc) is 2.34. The first-order valence-corrected chi connectivity index (χ1v) is 6.86. The first-order chi connectivity index (χ1) is 8.58. The highest BCUT2D eigenvalue weighted by atomic mass is 79.9. The molecule has 0 aliphatic carbocycles. The molecule has 0 saturated heterocycles. The van der Waals surface area contributed by atoms with Gasteiger partial charge in [0, 0.05) is 10.9 Å². The Labute approximate surface area is 117 Å². The molecule has 0 amide bonds. The zero-order chi connectivity index (χ0) is 13.1. The lowest BCUT2D eigenvalue weighted by molar-refractivity contribution is 0.177. The lowest BCUT2D eigenvalue weighted by Gasteiger charge is -2.13. The third-order valence-electron chi connectivity index (χ3n) is 3.26. The average molecular weight is 305 g/mol. The zero-order valence-electron chi connectivity index (χ0n) is 10.7. The number of halogens is 1. The van der Waals surface area contributed by atoms with Crippen LogP contribution in [0.15, 0.2) is 46.9 Å². The predicted octanol–water partition coefficient (Wildman–Crippen LogP) is 4.34. The monoisotopic (exact) mass is 304 g/mol. The van der Waals surface area contributed by atoms with Gasteiger partial charge in [-0.2, -0.15) is 0 Å². The second-order valence-electron chi connectivity index (χ2n) is 4.66. The van der Waals surface area contributed by atoms with Crippen molar-refractivity contribution in [3.8, 4) is 0 Å². The Kier molecular flexibility index (Phi) is 4.20. The highest BCUT2D eigenvalue weighted by Crippen LogP contribution is 2.26. The molecule has 0 spiro atoms. The zero-order valence-corrected chi connectivity index (χ0v) is 12.2. The van der Waals surface area contributed by atoms with Gasteiger partial charge in [0.25, 0.3) is 0 Å². The molecule has 0 aromatic heterocycles.